The molecule has 0 aromatic carbocycles. The fourth-order valence-corrected chi connectivity index (χ4v) is 3.88. The molecule has 2 aliphatic rings. The lowest BCUT2D eigenvalue weighted by molar-refractivity contribution is 0.0921. The van der Waals surface area contributed by atoms with Gasteiger partial charge < -0.3 is 5.32 Å². The Balaban J connectivity index is 1.15. The molecule has 3 aromatic rings. The van der Waals surface area contributed by atoms with Crippen molar-refractivity contribution in [3.05, 3.63) is 54.8 Å². The first kappa shape index (κ1) is 17.9. The number of aromatic nitrogens is 6. The molecule has 0 saturated heterocycles. The third kappa shape index (κ3) is 4.01. The number of carbonyl (C=O) groups excluding carboxylic acids is 1. The Morgan fingerprint density at radius 2 is 1.72 bits per heavy atom. The van der Waals surface area contributed by atoms with Gasteiger partial charge in [-0.2, -0.15) is 5.10 Å². The van der Waals surface area contributed by atoms with E-state index in [-0.39, 0.29) is 11.9 Å². The van der Waals surface area contributed by atoms with Gasteiger partial charge in [0.15, 0.2) is 0 Å². The van der Waals surface area contributed by atoms with Gasteiger partial charge in [-0.3, -0.25) is 19.4 Å². The van der Waals surface area contributed by atoms with Gasteiger partial charge in [-0.25, -0.2) is 9.97 Å². The molecular formula is C21H23N7O. The summed E-state index contributed by atoms with van der Waals surface area (Å²) in [5, 5.41) is 7.66. The van der Waals surface area contributed by atoms with Crippen molar-refractivity contribution in [2.24, 2.45) is 0 Å². The first-order valence-corrected chi connectivity index (χ1v) is 10.2. The highest BCUT2D eigenvalue weighted by atomic mass is 16.1. The summed E-state index contributed by atoms with van der Waals surface area (Å²) in [7, 11) is 0. The minimum absolute atomic E-state index is 0.0835. The highest BCUT2D eigenvalue weighted by Gasteiger charge is 2.27. The molecule has 0 radical (unpaired) electrons. The van der Waals surface area contributed by atoms with Crippen molar-refractivity contribution in [3.63, 3.8) is 0 Å². The van der Waals surface area contributed by atoms with Crippen LogP contribution in [0.4, 0.5) is 0 Å². The summed E-state index contributed by atoms with van der Waals surface area (Å²) in [5.74, 6) is 1.28. The molecule has 3 aromatic heterocycles. The Morgan fingerprint density at radius 3 is 2.41 bits per heavy atom. The molecule has 8 nitrogen and oxygen atoms in total. The van der Waals surface area contributed by atoms with E-state index in [1.54, 1.807) is 31.0 Å². The molecule has 29 heavy (non-hydrogen) atoms. The smallest absolute Gasteiger partial charge is 0.254 e. The molecule has 2 fully saturated rings. The van der Waals surface area contributed by atoms with Crippen LogP contribution < -0.4 is 5.32 Å². The number of rotatable bonds is 5. The quantitative estimate of drug-likeness (QED) is 0.720. The first-order chi connectivity index (χ1) is 14.3. The van der Waals surface area contributed by atoms with E-state index in [0.717, 1.165) is 55.6 Å². The van der Waals surface area contributed by atoms with Gasteiger partial charge in [0, 0.05) is 48.5 Å². The third-order valence-corrected chi connectivity index (χ3v) is 5.74. The van der Waals surface area contributed by atoms with Crippen molar-refractivity contribution >= 4 is 5.91 Å². The van der Waals surface area contributed by atoms with Crippen LogP contribution in [0.25, 0.3) is 11.3 Å². The molecule has 8 heteroatoms. The molecule has 5 rings (SSSR count). The van der Waals surface area contributed by atoms with Crippen LogP contribution in [-0.4, -0.2) is 41.7 Å². The monoisotopic (exact) mass is 389 g/mol. The molecule has 0 spiro atoms. The van der Waals surface area contributed by atoms with Crippen molar-refractivity contribution in [1.29, 1.82) is 0 Å². The standard InChI is InChI=1S/C21H23N7O/c29-21(15-9-24-20(25-10-15)14-1-2-14)27-17-3-5-18(6-4-17)28-13-16(11-26-28)19-12-22-7-8-23-19/h7-14,17-18H,1-6H2,(H,27,29). The lowest BCUT2D eigenvalue weighted by Gasteiger charge is -2.29. The molecule has 0 atom stereocenters. The predicted octanol–water partition coefficient (Wildman–Crippen LogP) is 2.92. The average molecular weight is 389 g/mol. The minimum atomic E-state index is -0.0835. The van der Waals surface area contributed by atoms with Gasteiger partial charge in [-0.05, 0) is 38.5 Å². The van der Waals surface area contributed by atoms with Crippen molar-refractivity contribution in [3.8, 4) is 11.3 Å². The second-order valence-electron chi connectivity index (χ2n) is 7.88. The highest BCUT2D eigenvalue weighted by Crippen LogP contribution is 2.37. The van der Waals surface area contributed by atoms with E-state index in [1.807, 2.05) is 17.1 Å². The van der Waals surface area contributed by atoms with Crippen LogP contribution in [0.15, 0.2) is 43.4 Å². The van der Waals surface area contributed by atoms with Crippen LogP contribution in [0.5, 0.6) is 0 Å². The van der Waals surface area contributed by atoms with Crippen molar-refractivity contribution < 1.29 is 4.79 Å². The molecule has 2 saturated carbocycles. The van der Waals surface area contributed by atoms with Crippen molar-refractivity contribution in [1.82, 2.24) is 35.0 Å². The van der Waals surface area contributed by atoms with Crippen LogP contribution in [0, 0.1) is 0 Å². The zero-order valence-electron chi connectivity index (χ0n) is 16.1. The number of amides is 1. The summed E-state index contributed by atoms with van der Waals surface area (Å²) in [6, 6.07) is 0.520. The Bertz CT molecular complexity index is 974. The summed E-state index contributed by atoms with van der Waals surface area (Å²) in [5.41, 5.74) is 2.34. The fraction of sp³-hybridized carbons (Fsp3) is 0.429. The Labute approximate surface area is 168 Å². The Kier molecular flexibility index (Phi) is 4.75. The maximum Gasteiger partial charge on any atom is 0.254 e. The summed E-state index contributed by atoms with van der Waals surface area (Å²) >= 11 is 0. The highest BCUT2D eigenvalue weighted by molar-refractivity contribution is 5.93. The number of nitrogens with zero attached hydrogens (tertiary/aromatic N) is 6. The largest absolute Gasteiger partial charge is 0.349 e. The van der Waals surface area contributed by atoms with Crippen LogP contribution >= 0.6 is 0 Å². The van der Waals surface area contributed by atoms with Gasteiger partial charge in [0.2, 0.25) is 0 Å². The zero-order valence-corrected chi connectivity index (χ0v) is 16.1. The Hall–Kier alpha value is -3.16. The van der Waals surface area contributed by atoms with Crippen molar-refractivity contribution in [2.45, 2.75) is 56.5 Å². The predicted molar refractivity (Wildman–Crippen MR) is 106 cm³/mol. The van der Waals surface area contributed by atoms with E-state index in [4.69, 9.17) is 0 Å². The average Bonchev–Trinajstić information content (AvgIpc) is 3.51. The second-order valence-corrected chi connectivity index (χ2v) is 7.88. The third-order valence-electron chi connectivity index (χ3n) is 5.74. The van der Waals surface area contributed by atoms with E-state index in [9.17, 15) is 4.79 Å². The SMILES string of the molecule is O=C(NC1CCC(n2cc(-c3cnccn3)cn2)CC1)c1cnc(C2CC2)nc1. The summed E-state index contributed by atoms with van der Waals surface area (Å²) in [6.07, 6.45) is 18.4. The van der Waals surface area contributed by atoms with Crippen molar-refractivity contribution in [2.75, 3.05) is 0 Å². The summed E-state index contributed by atoms with van der Waals surface area (Å²) < 4.78 is 2.02. The fourth-order valence-electron chi connectivity index (χ4n) is 3.88. The van der Waals surface area contributed by atoms with Crippen LogP contribution in [-0.2, 0) is 0 Å². The number of hydrogen-bond donors (Lipinski definition) is 1. The molecule has 0 bridgehead atoms. The molecule has 2 aliphatic carbocycles. The van der Waals surface area contributed by atoms with Crippen LogP contribution in [0.3, 0.4) is 0 Å². The minimum Gasteiger partial charge on any atom is -0.349 e. The summed E-state index contributed by atoms with van der Waals surface area (Å²) in [6.45, 7) is 0. The van der Waals surface area contributed by atoms with Gasteiger partial charge in [0.25, 0.3) is 5.91 Å². The van der Waals surface area contributed by atoms with Gasteiger partial charge >= 0.3 is 0 Å². The summed E-state index contributed by atoms with van der Waals surface area (Å²) in [4.78, 5) is 29.6. The topological polar surface area (TPSA) is 98.5 Å². The lowest BCUT2D eigenvalue weighted by atomic mass is 9.91. The molecule has 1 N–H and O–H groups in total. The number of hydrogen-bond acceptors (Lipinski definition) is 6. The second kappa shape index (κ2) is 7.69. The van der Waals surface area contributed by atoms with Crippen LogP contribution in [0.1, 0.15) is 66.7 Å². The molecule has 1 amide bonds. The number of carbonyl (C=O) groups is 1. The van der Waals surface area contributed by atoms with Gasteiger partial charge in [0.05, 0.1) is 29.7 Å². The van der Waals surface area contributed by atoms with E-state index in [2.05, 4.69) is 30.4 Å². The number of nitrogens with one attached hydrogen (secondary N) is 1. The molecule has 0 unspecified atom stereocenters. The van der Waals surface area contributed by atoms with Gasteiger partial charge in [0.1, 0.15) is 5.82 Å². The van der Waals surface area contributed by atoms with Gasteiger partial charge in [-0.1, -0.05) is 0 Å². The van der Waals surface area contributed by atoms with E-state index in [1.165, 1.54) is 0 Å². The van der Waals surface area contributed by atoms with Gasteiger partial charge in [-0.15, -0.1) is 0 Å². The maximum absolute atomic E-state index is 12.5. The van der Waals surface area contributed by atoms with E-state index < -0.39 is 0 Å². The first-order valence-electron chi connectivity index (χ1n) is 10.2. The molecule has 0 aliphatic heterocycles. The Morgan fingerprint density at radius 1 is 0.931 bits per heavy atom. The molecular weight excluding hydrogens is 366 g/mol. The van der Waals surface area contributed by atoms with Crippen LogP contribution in [0.2, 0.25) is 0 Å². The lowest BCUT2D eigenvalue weighted by Crippen LogP contribution is -2.38. The molecule has 148 valence electrons. The maximum atomic E-state index is 12.5. The molecule has 3 heterocycles. The van der Waals surface area contributed by atoms with E-state index >= 15 is 0 Å². The zero-order chi connectivity index (χ0) is 19.6. The normalized spacial score (nSPS) is 21.7. The van der Waals surface area contributed by atoms with E-state index in [0.29, 0.717) is 17.5 Å².